The summed E-state index contributed by atoms with van der Waals surface area (Å²) in [5.41, 5.74) is 1.86. The van der Waals surface area contributed by atoms with Crippen LogP contribution in [0.4, 0.5) is 5.13 Å². The Bertz CT molecular complexity index is 1330. The van der Waals surface area contributed by atoms with Crippen LogP contribution in [-0.4, -0.2) is 30.7 Å². The lowest BCUT2D eigenvalue weighted by Crippen LogP contribution is -2.26. The second kappa shape index (κ2) is 9.07. The van der Waals surface area contributed by atoms with Crippen LogP contribution in [0.3, 0.4) is 0 Å². The molecule has 7 nitrogen and oxygen atoms in total. The lowest BCUT2D eigenvalue weighted by atomic mass is 10.2. The van der Waals surface area contributed by atoms with E-state index >= 15 is 0 Å². The SMILES string of the molecule is Cc1ccc(-c2csc(NC(=O)c3ccc(S(=O)(=O)N(C)Cc4ccccc4)cc3)n2)o1. The molecule has 164 valence electrons. The topological polar surface area (TPSA) is 92.5 Å². The number of furan rings is 1. The predicted molar refractivity (Wildman–Crippen MR) is 124 cm³/mol. The Balaban J connectivity index is 1.43. The zero-order chi connectivity index (χ0) is 22.7. The third-order valence-electron chi connectivity index (χ3n) is 4.79. The highest BCUT2D eigenvalue weighted by Gasteiger charge is 2.21. The second-order valence-corrected chi connectivity index (χ2v) is 10.1. The Morgan fingerprint density at radius 2 is 1.78 bits per heavy atom. The standard InChI is InChI=1S/C23H21N3O4S2/c1-16-8-13-21(30-16)20-15-31-23(24-20)25-22(27)18-9-11-19(12-10-18)32(28,29)26(2)14-17-6-4-3-5-7-17/h3-13,15H,14H2,1-2H3,(H,24,25,27). The van der Waals surface area contributed by atoms with E-state index in [2.05, 4.69) is 10.3 Å². The Kier molecular flexibility index (Phi) is 6.22. The molecule has 0 saturated heterocycles. The number of carbonyl (C=O) groups excluding carboxylic acids is 1. The predicted octanol–water partition coefficient (Wildman–Crippen LogP) is 4.78. The monoisotopic (exact) mass is 467 g/mol. The lowest BCUT2D eigenvalue weighted by Gasteiger charge is -2.17. The fourth-order valence-electron chi connectivity index (χ4n) is 3.07. The second-order valence-electron chi connectivity index (χ2n) is 7.17. The zero-order valence-electron chi connectivity index (χ0n) is 17.5. The average Bonchev–Trinajstić information content (AvgIpc) is 3.43. The molecule has 0 aliphatic rings. The van der Waals surface area contributed by atoms with Gasteiger partial charge in [0.15, 0.2) is 10.9 Å². The molecule has 0 aliphatic carbocycles. The van der Waals surface area contributed by atoms with Crippen LogP contribution in [0, 0.1) is 6.92 Å². The van der Waals surface area contributed by atoms with Crippen LogP contribution in [0.2, 0.25) is 0 Å². The van der Waals surface area contributed by atoms with Crippen molar-refractivity contribution in [2.75, 3.05) is 12.4 Å². The first kappa shape index (κ1) is 21.9. The molecule has 0 saturated carbocycles. The molecule has 1 amide bonds. The first-order chi connectivity index (χ1) is 15.3. The number of anilines is 1. The van der Waals surface area contributed by atoms with Gasteiger partial charge < -0.3 is 4.42 Å². The smallest absolute Gasteiger partial charge is 0.257 e. The van der Waals surface area contributed by atoms with Gasteiger partial charge in [-0.1, -0.05) is 30.3 Å². The molecule has 0 aliphatic heterocycles. The van der Waals surface area contributed by atoms with Gasteiger partial charge >= 0.3 is 0 Å². The van der Waals surface area contributed by atoms with Crippen LogP contribution in [-0.2, 0) is 16.6 Å². The Hall–Kier alpha value is -3.27. The summed E-state index contributed by atoms with van der Waals surface area (Å²) in [5.74, 6) is 1.04. The summed E-state index contributed by atoms with van der Waals surface area (Å²) >= 11 is 1.28. The summed E-state index contributed by atoms with van der Waals surface area (Å²) in [7, 11) is -2.15. The van der Waals surface area contributed by atoms with Gasteiger partial charge in [0.2, 0.25) is 10.0 Å². The number of nitrogens with zero attached hydrogens (tertiary/aromatic N) is 2. The van der Waals surface area contributed by atoms with Crippen molar-refractivity contribution in [3.05, 3.63) is 89.0 Å². The molecule has 0 radical (unpaired) electrons. The summed E-state index contributed by atoms with van der Waals surface area (Å²) in [5, 5.41) is 4.96. The van der Waals surface area contributed by atoms with Crippen LogP contribution in [0.5, 0.6) is 0 Å². The largest absolute Gasteiger partial charge is 0.460 e. The molecule has 1 N–H and O–H groups in total. The Labute approximate surface area is 190 Å². The van der Waals surface area contributed by atoms with Crippen molar-refractivity contribution < 1.29 is 17.6 Å². The maximum Gasteiger partial charge on any atom is 0.257 e. The van der Waals surface area contributed by atoms with Crippen LogP contribution in [0.1, 0.15) is 21.7 Å². The molecule has 32 heavy (non-hydrogen) atoms. The van der Waals surface area contributed by atoms with Gasteiger partial charge in [0, 0.05) is 24.5 Å². The highest BCUT2D eigenvalue weighted by atomic mass is 32.2. The number of amides is 1. The summed E-state index contributed by atoms with van der Waals surface area (Å²) in [6.45, 7) is 2.11. The molecule has 9 heteroatoms. The van der Waals surface area contributed by atoms with Gasteiger partial charge in [-0.3, -0.25) is 10.1 Å². The molecule has 0 atom stereocenters. The number of hydrogen-bond acceptors (Lipinski definition) is 6. The zero-order valence-corrected chi connectivity index (χ0v) is 19.1. The number of rotatable bonds is 7. The number of hydrogen-bond donors (Lipinski definition) is 1. The van der Waals surface area contributed by atoms with Crippen LogP contribution in [0.25, 0.3) is 11.5 Å². The highest BCUT2D eigenvalue weighted by molar-refractivity contribution is 7.89. The maximum absolute atomic E-state index is 12.9. The minimum Gasteiger partial charge on any atom is -0.460 e. The maximum atomic E-state index is 12.9. The molecule has 0 spiro atoms. The quantitative estimate of drug-likeness (QED) is 0.422. The van der Waals surface area contributed by atoms with Crippen LogP contribution in [0.15, 0.2) is 81.4 Å². The van der Waals surface area contributed by atoms with Crippen molar-refractivity contribution in [1.29, 1.82) is 0 Å². The summed E-state index contributed by atoms with van der Waals surface area (Å²) in [6.07, 6.45) is 0. The van der Waals surface area contributed by atoms with E-state index < -0.39 is 10.0 Å². The molecule has 4 aromatic rings. The van der Waals surface area contributed by atoms with Crippen molar-refractivity contribution in [2.24, 2.45) is 0 Å². The normalized spacial score (nSPS) is 11.6. The van der Waals surface area contributed by atoms with Crippen molar-refractivity contribution in [2.45, 2.75) is 18.4 Å². The Morgan fingerprint density at radius 3 is 2.44 bits per heavy atom. The number of thiazole rings is 1. The number of carbonyl (C=O) groups is 1. The minimum atomic E-state index is -3.68. The highest BCUT2D eigenvalue weighted by Crippen LogP contribution is 2.27. The van der Waals surface area contributed by atoms with Gasteiger partial charge in [-0.05, 0) is 48.9 Å². The molecule has 2 heterocycles. The van der Waals surface area contributed by atoms with Gasteiger partial charge in [0.05, 0.1) is 4.90 Å². The molecule has 0 fully saturated rings. The van der Waals surface area contributed by atoms with E-state index in [0.29, 0.717) is 22.1 Å². The summed E-state index contributed by atoms with van der Waals surface area (Å²) < 4.78 is 32.5. The summed E-state index contributed by atoms with van der Waals surface area (Å²) in [6, 6.07) is 18.9. The number of aryl methyl sites for hydroxylation is 1. The molecule has 2 aromatic carbocycles. The first-order valence-electron chi connectivity index (χ1n) is 9.77. The molecule has 0 bridgehead atoms. The van der Waals surface area contributed by atoms with Crippen molar-refractivity contribution in [3.63, 3.8) is 0 Å². The van der Waals surface area contributed by atoms with E-state index in [9.17, 15) is 13.2 Å². The fourth-order valence-corrected chi connectivity index (χ4v) is 4.92. The average molecular weight is 468 g/mol. The molecular formula is C23H21N3O4S2. The third-order valence-corrected chi connectivity index (χ3v) is 7.37. The van der Waals surface area contributed by atoms with Crippen molar-refractivity contribution >= 4 is 32.4 Å². The van der Waals surface area contributed by atoms with Gasteiger partial charge in [0.1, 0.15) is 11.5 Å². The van der Waals surface area contributed by atoms with E-state index in [0.717, 1.165) is 11.3 Å². The molecule has 4 rings (SSSR count). The van der Waals surface area contributed by atoms with Crippen LogP contribution >= 0.6 is 11.3 Å². The third kappa shape index (κ3) is 4.80. The molecule has 0 unspecified atom stereocenters. The van der Waals surface area contributed by atoms with Crippen LogP contribution < -0.4 is 5.32 Å². The molecular weight excluding hydrogens is 446 g/mol. The van der Waals surface area contributed by atoms with Gasteiger partial charge in [-0.2, -0.15) is 4.31 Å². The molecule has 2 aromatic heterocycles. The van der Waals surface area contributed by atoms with Crippen molar-refractivity contribution in [3.8, 4) is 11.5 Å². The fraction of sp³-hybridized carbons (Fsp3) is 0.130. The summed E-state index contributed by atoms with van der Waals surface area (Å²) in [4.78, 5) is 17.1. The lowest BCUT2D eigenvalue weighted by molar-refractivity contribution is 0.102. The minimum absolute atomic E-state index is 0.122. The van der Waals surface area contributed by atoms with E-state index in [4.69, 9.17) is 4.42 Å². The van der Waals surface area contributed by atoms with Gasteiger partial charge in [-0.15, -0.1) is 11.3 Å². The van der Waals surface area contributed by atoms with E-state index in [1.165, 1.54) is 47.0 Å². The Morgan fingerprint density at radius 1 is 1.06 bits per heavy atom. The van der Waals surface area contributed by atoms with E-state index in [1.54, 1.807) is 5.38 Å². The van der Waals surface area contributed by atoms with Gasteiger partial charge in [-0.25, -0.2) is 13.4 Å². The van der Waals surface area contributed by atoms with Gasteiger partial charge in [0.25, 0.3) is 5.91 Å². The number of nitrogens with one attached hydrogen (secondary N) is 1. The van der Waals surface area contributed by atoms with E-state index in [1.807, 2.05) is 49.4 Å². The number of aromatic nitrogens is 1. The number of sulfonamides is 1. The first-order valence-corrected chi connectivity index (χ1v) is 12.1. The van der Waals surface area contributed by atoms with E-state index in [-0.39, 0.29) is 17.3 Å². The van der Waals surface area contributed by atoms with Crippen molar-refractivity contribution in [1.82, 2.24) is 9.29 Å². The number of benzene rings is 2.